The monoisotopic (exact) mass is 219 g/mol. The first kappa shape index (κ1) is 12.2. The summed E-state index contributed by atoms with van der Waals surface area (Å²) >= 11 is 0. The molecule has 1 rings (SSSR count). The van der Waals surface area contributed by atoms with E-state index in [1.54, 1.807) is 0 Å². The van der Waals surface area contributed by atoms with Crippen LogP contribution < -0.4 is 0 Å². The Hall–Kier alpha value is -0.863. The molecule has 0 aliphatic rings. The molecule has 0 spiro atoms. The lowest BCUT2D eigenvalue weighted by Gasteiger charge is -2.08. The summed E-state index contributed by atoms with van der Waals surface area (Å²) in [5, 5.41) is 9.86. The Morgan fingerprint density at radius 2 is 1.93 bits per heavy atom. The third kappa shape index (κ3) is 4.95. The molecular formula is C13H19OSi. The van der Waals surface area contributed by atoms with Gasteiger partial charge >= 0.3 is 0 Å². The van der Waals surface area contributed by atoms with Gasteiger partial charge in [-0.2, -0.15) is 0 Å². The topological polar surface area (TPSA) is 20.2 Å². The van der Waals surface area contributed by atoms with Crippen LogP contribution in [0.25, 0.3) is 0 Å². The van der Waals surface area contributed by atoms with Crippen LogP contribution in [0.15, 0.2) is 42.1 Å². The van der Waals surface area contributed by atoms with E-state index in [9.17, 15) is 5.11 Å². The van der Waals surface area contributed by atoms with Gasteiger partial charge in [0.2, 0.25) is 0 Å². The van der Waals surface area contributed by atoms with Gasteiger partial charge in [-0.25, -0.2) is 0 Å². The summed E-state index contributed by atoms with van der Waals surface area (Å²) in [5.74, 6) is 0. The Labute approximate surface area is 94.1 Å². The van der Waals surface area contributed by atoms with Gasteiger partial charge in [-0.05, 0) is 18.4 Å². The molecule has 1 aromatic carbocycles. The van der Waals surface area contributed by atoms with E-state index >= 15 is 0 Å². The molecule has 1 N–H and O–H groups in total. The van der Waals surface area contributed by atoms with Crippen molar-refractivity contribution in [2.24, 2.45) is 0 Å². The average Bonchev–Trinajstić information content (AvgIpc) is 2.25. The van der Waals surface area contributed by atoms with Crippen LogP contribution in [-0.4, -0.2) is 13.9 Å². The lowest BCUT2D eigenvalue weighted by molar-refractivity contribution is 0.169. The quantitative estimate of drug-likeness (QED) is 0.753. The van der Waals surface area contributed by atoms with Crippen molar-refractivity contribution in [1.82, 2.24) is 0 Å². The zero-order valence-corrected chi connectivity index (χ0v) is 10.5. The fourth-order valence-corrected chi connectivity index (χ4v) is 2.05. The maximum absolute atomic E-state index is 9.86. The predicted molar refractivity (Wildman–Crippen MR) is 67.3 cm³/mol. The standard InChI is InChI=1S/C13H19OSi/c1-15(2)11-7-6-10-13(14)12-8-4-3-5-9-12/h3-5,7-9,11,13-14H,6,10H2,1-2H3/b11-7-. The van der Waals surface area contributed by atoms with Crippen LogP contribution in [0.1, 0.15) is 24.5 Å². The highest BCUT2D eigenvalue weighted by Gasteiger charge is 2.04. The number of hydrogen-bond acceptors (Lipinski definition) is 1. The summed E-state index contributed by atoms with van der Waals surface area (Å²) in [7, 11) is -0.259. The molecule has 0 fully saturated rings. The Bertz CT molecular complexity index is 293. The Morgan fingerprint density at radius 3 is 2.53 bits per heavy atom. The van der Waals surface area contributed by atoms with Gasteiger partial charge in [0, 0.05) is 0 Å². The van der Waals surface area contributed by atoms with Gasteiger partial charge in [-0.15, -0.1) is 5.70 Å². The van der Waals surface area contributed by atoms with Gasteiger partial charge in [-0.1, -0.05) is 49.5 Å². The molecule has 1 radical (unpaired) electrons. The highest BCUT2D eigenvalue weighted by atomic mass is 28.3. The van der Waals surface area contributed by atoms with E-state index in [0.29, 0.717) is 0 Å². The highest BCUT2D eigenvalue weighted by molar-refractivity contribution is 6.61. The molecule has 0 amide bonds. The van der Waals surface area contributed by atoms with Crippen molar-refractivity contribution in [2.75, 3.05) is 0 Å². The minimum Gasteiger partial charge on any atom is -0.388 e. The number of rotatable bonds is 5. The molecule has 1 atom stereocenters. The van der Waals surface area contributed by atoms with Gasteiger partial charge in [0.05, 0.1) is 14.9 Å². The smallest absolute Gasteiger partial charge is 0.0793 e. The minimum absolute atomic E-state index is 0.259. The molecule has 1 unspecified atom stereocenters. The second kappa shape index (κ2) is 6.59. The molecule has 0 aliphatic heterocycles. The third-order valence-corrected chi connectivity index (χ3v) is 3.14. The van der Waals surface area contributed by atoms with E-state index < -0.39 is 0 Å². The SMILES string of the molecule is C[Si](C)/C=C\CCC(O)c1ccccc1. The molecule has 0 saturated carbocycles. The van der Waals surface area contributed by atoms with Crippen molar-refractivity contribution in [1.29, 1.82) is 0 Å². The van der Waals surface area contributed by atoms with Crippen molar-refractivity contribution in [2.45, 2.75) is 32.0 Å². The number of hydrogen-bond donors (Lipinski definition) is 1. The van der Waals surface area contributed by atoms with Crippen molar-refractivity contribution in [3.63, 3.8) is 0 Å². The largest absolute Gasteiger partial charge is 0.388 e. The summed E-state index contributed by atoms with van der Waals surface area (Å²) in [5.41, 5.74) is 3.30. The van der Waals surface area contributed by atoms with Crippen molar-refractivity contribution < 1.29 is 5.11 Å². The molecule has 0 aliphatic carbocycles. The molecule has 0 aromatic heterocycles. The maximum atomic E-state index is 9.86. The molecule has 81 valence electrons. The molecule has 0 heterocycles. The summed E-state index contributed by atoms with van der Waals surface area (Å²) < 4.78 is 0. The molecule has 1 aromatic rings. The van der Waals surface area contributed by atoms with Crippen molar-refractivity contribution in [3.05, 3.63) is 47.7 Å². The maximum Gasteiger partial charge on any atom is 0.0793 e. The van der Waals surface area contributed by atoms with Crippen molar-refractivity contribution in [3.8, 4) is 0 Å². The van der Waals surface area contributed by atoms with Crippen LogP contribution in [0.3, 0.4) is 0 Å². The van der Waals surface area contributed by atoms with Gasteiger partial charge < -0.3 is 5.11 Å². The molecule has 1 nitrogen and oxygen atoms in total. The summed E-state index contributed by atoms with van der Waals surface area (Å²) in [4.78, 5) is 0. The van der Waals surface area contributed by atoms with E-state index in [4.69, 9.17) is 0 Å². The van der Waals surface area contributed by atoms with Crippen LogP contribution in [0.5, 0.6) is 0 Å². The second-order valence-electron chi connectivity index (χ2n) is 3.98. The van der Waals surface area contributed by atoms with Crippen LogP contribution in [0.2, 0.25) is 13.1 Å². The molecule has 2 heteroatoms. The fourth-order valence-electron chi connectivity index (χ4n) is 1.41. The minimum atomic E-state index is -0.319. The lowest BCUT2D eigenvalue weighted by atomic mass is 10.1. The van der Waals surface area contributed by atoms with E-state index in [2.05, 4.69) is 24.9 Å². The van der Waals surface area contributed by atoms with Crippen LogP contribution in [-0.2, 0) is 0 Å². The Kier molecular flexibility index (Phi) is 5.36. The molecule has 15 heavy (non-hydrogen) atoms. The average molecular weight is 219 g/mol. The van der Waals surface area contributed by atoms with Crippen LogP contribution >= 0.6 is 0 Å². The van der Waals surface area contributed by atoms with Crippen molar-refractivity contribution >= 4 is 8.80 Å². The van der Waals surface area contributed by atoms with E-state index in [0.717, 1.165) is 18.4 Å². The Morgan fingerprint density at radius 1 is 1.27 bits per heavy atom. The number of benzene rings is 1. The zero-order chi connectivity index (χ0) is 11.1. The zero-order valence-electron chi connectivity index (χ0n) is 9.48. The van der Waals surface area contributed by atoms with Gasteiger partial charge in [-0.3, -0.25) is 0 Å². The molecular weight excluding hydrogens is 200 g/mol. The van der Waals surface area contributed by atoms with E-state index in [-0.39, 0.29) is 14.9 Å². The van der Waals surface area contributed by atoms with E-state index in [1.807, 2.05) is 30.3 Å². The normalized spacial score (nSPS) is 13.6. The number of aliphatic hydroxyl groups is 1. The van der Waals surface area contributed by atoms with Crippen LogP contribution in [0.4, 0.5) is 0 Å². The summed E-state index contributed by atoms with van der Waals surface area (Å²) in [6, 6.07) is 9.85. The summed E-state index contributed by atoms with van der Waals surface area (Å²) in [6.07, 6.45) is 3.66. The Balaban J connectivity index is 2.34. The van der Waals surface area contributed by atoms with Gasteiger partial charge in [0.15, 0.2) is 0 Å². The van der Waals surface area contributed by atoms with E-state index in [1.165, 1.54) is 0 Å². The lowest BCUT2D eigenvalue weighted by Crippen LogP contribution is -1.97. The van der Waals surface area contributed by atoms with Gasteiger partial charge in [0.25, 0.3) is 0 Å². The molecule has 0 saturated heterocycles. The molecule has 0 bridgehead atoms. The third-order valence-electron chi connectivity index (χ3n) is 2.24. The number of allylic oxidation sites excluding steroid dienone is 1. The first-order chi connectivity index (χ1) is 7.20. The number of aliphatic hydroxyl groups excluding tert-OH is 1. The fraction of sp³-hybridized carbons (Fsp3) is 0.385. The predicted octanol–water partition coefficient (Wildman–Crippen LogP) is 3.35. The second-order valence-corrected chi connectivity index (χ2v) is 6.47. The highest BCUT2D eigenvalue weighted by Crippen LogP contribution is 2.17. The first-order valence-corrected chi connectivity index (χ1v) is 7.97. The first-order valence-electron chi connectivity index (χ1n) is 5.40. The summed E-state index contributed by atoms with van der Waals surface area (Å²) in [6.45, 7) is 4.52. The van der Waals surface area contributed by atoms with Crippen LogP contribution in [0, 0.1) is 0 Å². The van der Waals surface area contributed by atoms with Gasteiger partial charge in [0.1, 0.15) is 0 Å².